The van der Waals surface area contributed by atoms with Crippen molar-refractivity contribution in [1.82, 2.24) is 0 Å². The number of ketones is 1. The van der Waals surface area contributed by atoms with Crippen LogP contribution in [0.15, 0.2) is 40.9 Å². The Hall–Kier alpha value is -0.930. The number of halogens is 1. The molecule has 2 fully saturated rings. The van der Waals surface area contributed by atoms with E-state index in [9.17, 15) is 4.79 Å². The van der Waals surface area contributed by atoms with Gasteiger partial charge in [0.05, 0.1) is 6.61 Å². The molecular weight excluding hydrogens is 304 g/mol. The number of epoxide rings is 1. The van der Waals surface area contributed by atoms with Gasteiger partial charge >= 0.3 is 0 Å². The van der Waals surface area contributed by atoms with Crippen LogP contribution in [0.2, 0.25) is 0 Å². The lowest BCUT2D eigenvalue weighted by molar-refractivity contribution is -0.135. The molecule has 1 aromatic rings. The average Bonchev–Trinajstić information content (AvgIpc) is 3.21. The fraction of sp³-hybridized carbons (Fsp3) is 0.438. The van der Waals surface area contributed by atoms with Gasteiger partial charge < -0.3 is 4.74 Å². The van der Waals surface area contributed by atoms with Crippen molar-refractivity contribution in [3.8, 4) is 0 Å². The topological polar surface area (TPSA) is 29.6 Å². The molecule has 19 heavy (non-hydrogen) atoms. The zero-order chi connectivity index (χ0) is 13.3. The lowest BCUT2D eigenvalue weighted by Gasteiger charge is -2.49. The summed E-state index contributed by atoms with van der Waals surface area (Å²) in [5, 5.41) is 0. The van der Waals surface area contributed by atoms with Gasteiger partial charge in [0.25, 0.3) is 0 Å². The molecule has 4 atom stereocenters. The number of fused-ring (bicyclic) bond motifs is 1. The number of benzene rings is 1. The Morgan fingerprint density at radius 3 is 2.63 bits per heavy atom. The highest BCUT2D eigenvalue weighted by Crippen LogP contribution is 2.60. The standard InChI is InChI=1S/C16H15BrO2/c1-15(10-5-3-2-4-6-10)8-12-13(17)7-11(15)14(18)16(12)9-19-16/h2-7,11-12H,8-9H2,1H3/t11?,12?,15-,16-/m0/s1. The largest absolute Gasteiger partial charge is 0.361 e. The van der Waals surface area contributed by atoms with Gasteiger partial charge in [-0.05, 0) is 16.5 Å². The first-order valence-corrected chi connectivity index (χ1v) is 7.48. The van der Waals surface area contributed by atoms with Crippen LogP contribution in [0, 0.1) is 11.8 Å². The molecule has 0 N–H and O–H groups in total. The zero-order valence-electron chi connectivity index (χ0n) is 10.7. The van der Waals surface area contributed by atoms with Gasteiger partial charge in [-0.25, -0.2) is 0 Å². The second-order valence-electron chi connectivity index (χ2n) is 6.11. The van der Waals surface area contributed by atoms with E-state index in [2.05, 4.69) is 53.2 Å². The highest BCUT2D eigenvalue weighted by Gasteiger charge is 2.69. The summed E-state index contributed by atoms with van der Waals surface area (Å²) in [6.07, 6.45) is 3.08. The number of Topliss-reactive ketones (excluding diaryl/α,β-unsaturated/α-hetero) is 1. The maximum Gasteiger partial charge on any atom is 0.175 e. The number of hydrogen-bond donors (Lipinski definition) is 0. The summed E-state index contributed by atoms with van der Waals surface area (Å²) in [6.45, 7) is 2.81. The SMILES string of the molecule is C[C@@]1(c2ccccc2)CC2C(Br)=CC1C(=O)[C@]21CO1. The summed E-state index contributed by atoms with van der Waals surface area (Å²) in [5.74, 6) is 0.394. The third-order valence-corrected chi connectivity index (χ3v) is 5.94. The highest BCUT2D eigenvalue weighted by molar-refractivity contribution is 9.11. The van der Waals surface area contributed by atoms with Gasteiger partial charge in [0.1, 0.15) is 0 Å². The van der Waals surface area contributed by atoms with Crippen LogP contribution in [0.5, 0.6) is 0 Å². The molecule has 2 unspecified atom stereocenters. The van der Waals surface area contributed by atoms with Crippen molar-refractivity contribution in [2.24, 2.45) is 11.8 Å². The van der Waals surface area contributed by atoms with Crippen molar-refractivity contribution < 1.29 is 9.53 Å². The molecule has 0 amide bonds. The first-order chi connectivity index (χ1) is 9.08. The molecule has 0 radical (unpaired) electrons. The molecule has 1 aliphatic heterocycles. The molecule has 1 saturated heterocycles. The lowest BCUT2D eigenvalue weighted by Crippen LogP contribution is -2.56. The summed E-state index contributed by atoms with van der Waals surface area (Å²) in [5.41, 5.74) is 0.661. The first-order valence-electron chi connectivity index (χ1n) is 6.69. The molecule has 4 aliphatic rings. The Bertz CT molecular complexity index is 588. The zero-order valence-corrected chi connectivity index (χ0v) is 12.3. The summed E-state index contributed by atoms with van der Waals surface area (Å²) in [4.78, 5) is 12.7. The number of carbonyl (C=O) groups excluding carboxylic acids is 1. The van der Waals surface area contributed by atoms with Gasteiger partial charge in [0.2, 0.25) is 0 Å². The van der Waals surface area contributed by atoms with Gasteiger partial charge in [-0.3, -0.25) is 4.79 Å². The molecule has 1 aromatic carbocycles. The lowest BCUT2D eigenvalue weighted by atomic mass is 9.53. The summed E-state index contributed by atoms with van der Waals surface area (Å²) in [6, 6.07) is 10.4. The van der Waals surface area contributed by atoms with Crippen molar-refractivity contribution in [2.75, 3.05) is 6.61 Å². The number of carbonyl (C=O) groups is 1. The molecule has 0 aromatic heterocycles. The van der Waals surface area contributed by atoms with E-state index in [0.717, 1.165) is 10.9 Å². The Morgan fingerprint density at radius 2 is 2.00 bits per heavy atom. The first kappa shape index (κ1) is 11.9. The minimum atomic E-state index is -0.494. The van der Waals surface area contributed by atoms with Crippen molar-refractivity contribution in [2.45, 2.75) is 24.4 Å². The molecule has 98 valence electrons. The van der Waals surface area contributed by atoms with E-state index in [0.29, 0.717) is 6.61 Å². The van der Waals surface area contributed by atoms with Crippen molar-refractivity contribution in [1.29, 1.82) is 0 Å². The molecule has 1 spiro atoms. The van der Waals surface area contributed by atoms with Crippen LogP contribution in [0.4, 0.5) is 0 Å². The van der Waals surface area contributed by atoms with Crippen LogP contribution in [-0.2, 0) is 14.9 Å². The van der Waals surface area contributed by atoms with E-state index in [1.807, 2.05) is 6.07 Å². The molecule has 3 aliphatic carbocycles. The Kier molecular flexibility index (Phi) is 2.24. The Labute approximate surface area is 121 Å². The Balaban J connectivity index is 1.85. The van der Waals surface area contributed by atoms with E-state index < -0.39 is 5.60 Å². The average molecular weight is 319 g/mol. The van der Waals surface area contributed by atoms with E-state index in [1.165, 1.54) is 5.56 Å². The Morgan fingerprint density at radius 1 is 1.32 bits per heavy atom. The minimum Gasteiger partial charge on any atom is -0.361 e. The van der Waals surface area contributed by atoms with Crippen LogP contribution < -0.4 is 0 Å². The molecule has 5 rings (SSSR count). The molecule has 1 heterocycles. The monoisotopic (exact) mass is 318 g/mol. The van der Waals surface area contributed by atoms with Gasteiger partial charge in [-0.2, -0.15) is 0 Å². The van der Waals surface area contributed by atoms with Gasteiger partial charge in [-0.1, -0.05) is 59.3 Å². The summed E-state index contributed by atoms with van der Waals surface area (Å²) < 4.78 is 6.72. The predicted octanol–water partition coefficient (Wildman–Crippen LogP) is 3.21. The molecule has 2 nitrogen and oxygen atoms in total. The minimum absolute atomic E-state index is 0.0724. The fourth-order valence-electron chi connectivity index (χ4n) is 3.83. The number of allylic oxidation sites excluding steroid dienone is 1. The van der Waals surface area contributed by atoms with Crippen molar-refractivity contribution >= 4 is 21.7 Å². The van der Waals surface area contributed by atoms with Gasteiger partial charge in [-0.15, -0.1) is 0 Å². The summed E-state index contributed by atoms with van der Waals surface area (Å²) >= 11 is 3.64. The second kappa shape index (κ2) is 3.58. The maximum absolute atomic E-state index is 12.7. The quantitative estimate of drug-likeness (QED) is 0.744. The van der Waals surface area contributed by atoms with E-state index in [4.69, 9.17) is 4.74 Å². The predicted molar refractivity (Wildman–Crippen MR) is 76.1 cm³/mol. The van der Waals surface area contributed by atoms with Gasteiger partial charge in [0.15, 0.2) is 11.4 Å². The highest BCUT2D eigenvalue weighted by atomic mass is 79.9. The number of ether oxygens (including phenoxy) is 1. The van der Waals surface area contributed by atoms with E-state index >= 15 is 0 Å². The third kappa shape index (κ3) is 1.38. The van der Waals surface area contributed by atoms with Crippen LogP contribution in [-0.4, -0.2) is 18.0 Å². The molecular formula is C16H15BrO2. The van der Waals surface area contributed by atoms with Crippen molar-refractivity contribution in [3.63, 3.8) is 0 Å². The van der Waals surface area contributed by atoms with Gasteiger partial charge in [0, 0.05) is 17.3 Å². The normalized spacial score (nSPS) is 43.5. The molecule has 1 saturated carbocycles. The summed E-state index contributed by atoms with van der Waals surface area (Å²) in [7, 11) is 0. The van der Waals surface area contributed by atoms with Crippen LogP contribution >= 0.6 is 15.9 Å². The second-order valence-corrected chi connectivity index (χ2v) is 7.03. The smallest absolute Gasteiger partial charge is 0.175 e. The van der Waals surface area contributed by atoms with E-state index in [1.54, 1.807) is 0 Å². The fourth-order valence-corrected chi connectivity index (χ4v) is 4.63. The molecule has 3 heteroatoms. The number of rotatable bonds is 1. The maximum atomic E-state index is 12.7. The molecule has 2 bridgehead atoms. The van der Waals surface area contributed by atoms with Crippen LogP contribution in [0.3, 0.4) is 0 Å². The van der Waals surface area contributed by atoms with Crippen molar-refractivity contribution in [3.05, 3.63) is 46.5 Å². The van der Waals surface area contributed by atoms with E-state index in [-0.39, 0.29) is 23.0 Å². The van der Waals surface area contributed by atoms with Crippen LogP contribution in [0.25, 0.3) is 0 Å². The third-order valence-electron chi connectivity index (χ3n) is 5.12. The number of hydrogen-bond acceptors (Lipinski definition) is 2. The van der Waals surface area contributed by atoms with Crippen LogP contribution in [0.1, 0.15) is 18.9 Å².